The Morgan fingerprint density at radius 2 is 1.95 bits per heavy atom. The van der Waals surface area contributed by atoms with E-state index in [1.165, 1.54) is 25.7 Å². The van der Waals surface area contributed by atoms with Crippen LogP contribution in [-0.2, 0) is 9.53 Å². The quantitative estimate of drug-likeness (QED) is 0.776. The lowest BCUT2D eigenvalue weighted by molar-refractivity contribution is -0.125. The van der Waals surface area contributed by atoms with Crippen LogP contribution in [0, 0.1) is 10.8 Å². The third-order valence-corrected chi connectivity index (χ3v) is 4.35. The van der Waals surface area contributed by atoms with Crippen LogP contribution in [0.5, 0.6) is 0 Å². The van der Waals surface area contributed by atoms with E-state index in [1.807, 2.05) is 20.8 Å². The van der Waals surface area contributed by atoms with Crippen molar-refractivity contribution >= 4 is 5.91 Å². The minimum Gasteiger partial charge on any atom is -0.385 e. The van der Waals surface area contributed by atoms with Crippen LogP contribution in [0.25, 0.3) is 0 Å². The monoisotopic (exact) mass is 270 g/mol. The molecular weight excluding hydrogens is 240 g/mol. The molecule has 0 aromatic rings. The summed E-state index contributed by atoms with van der Waals surface area (Å²) in [6, 6.07) is -0.451. The Hall–Kier alpha value is -0.610. The van der Waals surface area contributed by atoms with Crippen molar-refractivity contribution < 1.29 is 9.53 Å². The summed E-state index contributed by atoms with van der Waals surface area (Å²) in [7, 11) is 1.73. The van der Waals surface area contributed by atoms with Crippen molar-refractivity contribution in [2.24, 2.45) is 16.6 Å². The van der Waals surface area contributed by atoms with E-state index in [4.69, 9.17) is 10.5 Å². The molecule has 0 saturated heterocycles. The van der Waals surface area contributed by atoms with Gasteiger partial charge in [-0.1, -0.05) is 33.6 Å². The number of rotatable bonds is 6. The number of hydrogen-bond acceptors (Lipinski definition) is 3. The average molecular weight is 270 g/mol. The number of methoxy groups -OCH3 is 1. The fraction of sp³-hybridized carbons (Fsp3) is 0.933. The summed E-state index contributed by atoms with van der Waals surface area (Å²) >= 11 is 0. The zero-order valence-electron chi connectivity index (χ0n) is 12.9. The van der Waals surface area contributed by atoms with E-state index in [-0.39, 0.29) is 16.7 Å². The lowest BCUT2D eigenvalue weighted by Gasteiger charge is -2.31. The zero-order valence-corrected chi connectivity index (χ0v) is 12.9. The van der Waals surface area contributed by atoms with Gasteiger partial charge in [0.25, 0.3) is 0 Å². The van der Waals surface area contributed by atoms with Crippen molar-refractivity contribution in [1.29, 1.82) is 0 Å². The first-order valence-electron chi connectivity index (χ1n) is 7.33. The Labute approximate surface area is 117 Å². The van der Waals surface area contributed by atoms with Gasteiger partial charge < -0.3 is 15.8 Å². The SMILES string of the molecule is COCCC1(CNC(=O)[C@@H](N)C(C)(C)C)CCCC1. The van der Waals surface area contributed by atoms with Gasteiger partial charge in [-0.2, -0.15) is 0 Å². The van der Waals surface area contributed by atoms with E-state index in [2.05, 4.69) is 5.32 Å². The standard InChI is InChI=1S/C15H30N2O2/c1-14(2,3)12(16)13(18)17-11-15(9-10-19-4)7-5-6-8-15/h12H,5-11,16H2,1-4H3,(H,17,18)/t12-/m1/s1. The Morgan fingerprint density at radius 3 is 2.42 bits per heavy atom. The van der Waals surface area contributed by atoms with Crippen LogP contribution in [0.2, 0.25) is 0 Å². The molecule has 1 fully saturated rings. The van der Waals surface area contributed by atoms with Crippen molar-refractivity contribution in [1.82, 2.24) is 5.32 Å². The maximum absolute atomic E-state index is 12.1. The zero-order chi connectivity index (χ0) is 14.5. The van der Waals surface area contributed by atoms with Gasteiger partial charge in [0.2, 0.25) is 5.91 Å². The molecule has 0 unspecified atom stereocenters. The van der Waals surface area contributed by atoms with Crippen LogP contribution < -0.4 is 11.1 Å². The molecule has 1 rings (SSSR count). The first kappa shape index (κ1) is 16.4. The van der Waals surface area contributed by atoms with E-state index in [0.29, 0.717) is 0 Å². The fourth-order valence-corrected chi connectivity index (χ4v) is 2.74. The molecular formula is C15H30N2O2. The summed E-state index contributed by atoms with van der Waals surface area (Å²) in [5, 5.41) is 3.06. The molecule has 4 heteroatoms. The van der Waals surface area contributed by atoms with Gasteiger partial charge in [0.15, 0.2) is 0 Å². The highest BCUT2D eigenvalue weighted by Crippen LogP contribution is 2.40. The number of nitrogens with one attached hydrogen (secondary N) is 1. The first-order chi connectivity index (χ1) is 8.81. The lowest BCUT2D eigenvalue weighted by Crippen LogP contribution is -2.50. The summed E-state index contributed by atoms with van der Waals surface area (Å²) in [5.74, 6) is -0.0313. The molecule has 4 nitrogen and oxygen atoms in total. The normalized spacial score (nSPS) is 20.3. The average Bonchev–Trinajstić information content (AvgIpc) is 2.81. The largest absolute Gasteiger partial charge is 0.385 e. The number of carbonyl (C=O) groups excluding carboxylic acids is 1. The molecule has 1 saturated carbocycles. The maximum Gasteiger partial charge on any atom is 0.237 e. The summed E-state index contributed by atoms with van der Waals surface area (Å²) in [6.07, 6.45) is 5.90. The molecule has 0 heterocycles. The molecule has 0 aromatic carbocycles. The van der Waals surface area contributed by atoms with Crippen LogP contribution >= 0.6 is 0 Å². The molecule has 0 radical (unpaired) electrons. The minimum atomic E-state index is -0.451. The summed E-state index contributed by atoms with van der Waals surface area (Å²) in [5.41, 5.74) is 6.02. The fourth-order valence-electron chi connectivity index (χ4n) is 2.74. The molecule has 3 N–H and O–H groups in total. The van der Waals surface area contributed by atoms with Crippen LogP contribution in [0.3, 0.4) is 0 Å². The van der Waals surface area contributed by atoms with Crippen molar-refractivity contribution in [2.75, 3.05) is 20.3 Å². The van der Waals surface area contributed by atoms with Gasteiger partial charge in [-0.05, 0) is 30.1 Å². The number of ether oxygens (including phenoxy) is 1. The molecule has 0 aromatic heterocycles. The Balaban J connectivity index is 2.50. The highest BCUT2D eigenvalue weighted by molar-refractivity contribution is 5.82. The number of carbonyl (C=O) groups is 1. The molecule has 1 atom stereocenters. The smallest absolute Gasteiger partial charge is 0.237 e. The van der Waals surface area contributed by atoms with E-state index in [0.717, 1.165) is 19.6 Å². The number of hydrogen-bond donors (Lipinski definition) is 2. The highest BCUT2D eigenvalue weighted by atomic mass is 16.5. The predicted molar refractivity (Wildman–Crippen MR) is 77.8 cm³/mol. The van der Waals surface area contributed by atoms with Crippen molar-refractivity contribution in [3.05, 3.63) is 0 Å². The highest BCUT2D eigenvalue weighted by Gasteiger charge is 2.35. The Bertz CT molecular complexity index is 291. The van der Waals surface area contributed by atoms with Crippen molar-refractivity contribution in [2.45, 2.75) is 58.9 Å². The first-order valence-corrected chi connectivity index (χ1v) is 7.33. The molecule has 0 aliphatic heterocycles. The minimum absolute atomic E-state index is 0.0313. The van der Waals surface area contributed by atoms with Gasteiger partial charge >= 0.3 is 0 Å². The second-order valence-corrected chi connectivity index (χ2v) is 7.01. The second-order valence-electron chi connectivity index (χ2n) is 7.01. The molecule has 0 bridgehead atoms. The van der Waals surface area contributed by atoms with Gasteiger partial charge in [0.05, 0.1) is 6.04 Å². The van der Waals surface area contributed by atoms with Crippen molar-refractivity contribution in [3.8, 4) is 0 Å². The summed E-state index contributed by atoms with van der Waals surface area (Å²) < 4.78 is 5.20. The number of nitrogens with two attached hydrogens (primary N) is 1. The maximum atomic E-state index is 12.1. The number of amides is 1. The molecule has 1 aliphatic rings. The van der Waals surface area contributed by atoms with Gasteiger partial charge in [-0.25, -0.2) is 0 Å². The second kappa shape index (κ2) is 6.71. The van der Waals surface area contributed by atoms with E-state index in [9.17, 15) is 4.79 Å². The molecule has 1 amide bonds. The van der Waals surface area contributed by atoms with Gasteiger partial charge in [0.1, 0.15) is 0 Å². The molecule has 0 spiro atoms. The topological polar surface area (TPSA) is 64.3 Å². The van der Waals surface area contributed by atoms with Crippen LogP contribution in [0.15, 0.2) is 0 Å². The predicted octanol–water partition coefficient (Wildman–Crippen LogP) is 2.07. The van der Waals surface area contributed by atoms with Crippen LogP contribution in [-0.4, -0.2) is 32.2 Å². The van der Waals surface area contributed by atoms with Crippen LogP contribution in [0.4, 0.5) is 0 Å². The molecule has 19 heavy (non-hydrogen) atoms. The van der Waals surface area contributed by atoms with E-state index >= 15 is 0 Å². The Morgan fingerprint density at radius 1 is 1.37 bits per heavy atom. The van der Waals surface area contributed by atoms with Crippen molar-refractivity contribution in [3.63, 3.8) is 0 Å². The van der Waals surface area contributed by atoms with Crippen LogP contribution in [0.1, 0.15) is 52.9 Å². The summed E-state index contributed by atoms with van der Waals surface area (Å²) in [4.78, 5) is 12.1. The van der Waals surface area contributed by atoms with E-state index in [1.54, 1.807) is 7.11 Å². The summed E-state index contributed by atoms with van der Waals surface area (Å²) in [6.45, 7) is 7.48. The third kappa shape index (κ3) is 4.77. The molecule has 1 aliphatic carbocycles. The van der Waals surface area contributed by atoms with Gasteiger partial charge in [0, 0.05) is 20.3 Å². The Kier molecular flexibility index (Phi) is 5.81. The molecule has 112 valence electrons. The third-order valence-electron chi connectivity index (χ3n) is 4.35. The van der Waals surface area contributed by atoms with Gasteiger partial charge in [-0.3, -0.25) is 4.79 Å². The van der Waals surface area contributed by atoms with E-state index < -0.39 is 6.04 Å². The van der Waals surface area contributed by atoms with Gasteiger partial charge in [-0.15, -0.1) is 0 Å². The lowest BCUT2D eigenvalue weighted by atomic mass is 9.82.